The molecule has 15 heteroatoms. The van der Waals surface area contributed by atoms with Crippen LogP contribution in [0.5, 0.6) is 11.5 Å². The Morgan fingerprint density at radius 2 is 1.16 bits per heavy atom. The number of benzene rings is 2. The van der Waals surface area contributed by atoms with Crippen molar-refractivity contribution in [2.45, 2.75) is 44.8 Å². The lowest BCUT2D eigenvalue weighted by Crippen LogP contribution is -2.63. The molecule has 0 unspecified atom stereocenters. The number of nitrogens with one attached hydrogen (secondary N) is 3. The number of esters is 1. The highest BCUT2D eigenvalue weighted by atomic mass is 16.6. The van der Waals surface area contributed by atoms with E-state index in [0.717, 1.165) is 0 Å². The summed E-state index contributed by atoms with van der Waals surface area (Å²) in [4.78, 5) is 52.1. The van der Waals surface area contributed by atoms with Crippen LogP contribution in [0.25, 0.3) is 11.1 Å². The second kappa shape index (κ2) is 19.2. The largest absolute Gasteiger partial charge is 0.491 e. The normalized spacial score (nSPS) is 17.1. The lowest BCUT2D eigenvalue weighted by atomic mass is 9.85. The van der Waals surface area contributed by atoms with Gasteiger partial charge >= 0.3 is 12.1 Å². The molecule has 4 rings (SSSR count). The monoisotopic (exact) mass is 715 g/mol. The zero-order valence-corrected chi connectivity index (χ0v) is 29.8. The average Bonchev–Trinajstić information content (AvgIpc) is 3.23. The molecule has 0 spiro atoms. The molecule has 3 amide bonds. The minimum absolute atomic E-state index is 0.00418. The van der Waals surface area contributed by atoms with Crippen molar-refractivity contribution in [1.82, 2.24) is 16.0 Å². The number of hydrogen-bond donors (Lipinski definition) is 3. The van der Waals surface area contributed by atoms with Gasteiger partial charge in [0.05, 0.1) is 60.0 Å². The van der Waals surface area contributed by atoms with Gasteiger partial charge in [0, 0.05) is 24.0 Å². The highest BCUT2D eigenvalue weighted by Crippen LogP contribution is 2.46. The van der Waals surface area contributed by atoms with Gasteiger partial charge in [-0.2, -0.15) is 0 Å². The van der Waals surface area contributed by atoms with Gasteiger partial charge < -0.3 is 53.8 Å². The van der Waals surface area contributed by atoms with Gasteiger partial charge in [-0.15, -0.1) is 0 Å². The van der Waals surface area contributed by atoms with Crippen molar-refractivity contribution in [3.8, 4) is 22.6 Å². The smallest absolute Gasteiger partial charge is 0.408 e. The first-order valence-corrected chi connectivity index (χ1v) is 16.9. The van der Waals surface area contributed by atoms with E-state index in [9.17, 15) is 19.2 Å². The molecule has 51 heavy (non-hydrogen) atoms. The predicted octanol–water partition coefficient (Wildman–Crippen LogP) is 1.96. The molecule has 1 aliphatic heterocycles. The number of amides is 3. The Hall–Kier alpha value is -4.44. The maximum Gasteiger partial charge on any atom is 0.408 e. The molecule has 2 aromatic rings. The summed E-state index contributed by atoms with van der Waals surface area (Å²) in [5, 5.41) is 7.96. The third kappa shape index (κ3) is 12.1. The van der Waals surface area contributed by atoms with E-state index in [4.69, 9.17) is 37.9 Å². The van der Waals surface area contributed by atoms with Gasteiger partial charge in [-0.25, -0.2) is 4.79 Å². The van der Waals surface area contributed by atoms with Crippen molar-refractivity contribution in [3.05, 3.63) is 47.5 Å². The quantitative estimate of drug-likeness (QED) is 0.371. The van der Waals surface area contributed by atoms with E-state index < -0.39 is 48.1 Å². The molecule has 1 aliphatic carbocycles. The minimum atomic E-state index is -1.63. The Bertz CT molecular complexity index is 1420. The summed E-state index contributed by atoms with van der Waals surface area (Å²) >= 11 is 0. The zero-order chi connectivity index (χ0) is 36.7. The summed E-state index contributed by atoms with van der Waals surface area (Å²) in [5.74, 6) is -0.891. The van der Waals surface area contributed by atoms with Gasteiger partial charge in [0.15, 0.2) is 0 Å². The highest BCUT2D eigenvalue weighted by Gasteiger charge is 2.44. The zero-order valence-electron chi connectivity index (χ0n) is 29.8. The van der Waals surface area contributed by atoms with Crippen molar-refractivity contribution in [2.75, 3.05) is 86.3 Å². The molecule has 0 aromatic heterocycles. The maximum atomic E-state index is 14.2. The third-order valence-electron chi connectivity index (χ3n) is 7.77. The first-order chi connectivity index (χ1) is 24.5. The second-order valence-corrected chi connectivity index (χ2v) is 12.8. The van der Waals surface area contributed by atoms with E-state index in [1.807, 2.05) is 24.3 Å². The summed E-state index contributed by atoms with van der Waals surface area (Å²) in [6.07, 6.45) is -0.798. The van der Waals surface area contributed by atoms with Crippen molar-refractivity contribution in [2.24, 2.45) is 0 Å². The Kier molecular flexibility index (Phi) is 14.8. The van der Waals surface area contributed by atoms with E-state index in [1.54, 1.807) is 32.9 Å². The Balaban J connectivity index is 1.73. The predicted molar refractivity (Wildman–Crippen MR) is 184 cm³/mol. The molecule has 0 saturated heterocycles. The van der Waals surface area contributed by atoms with E-state index in [0.29, 0.717) is 86.6 Å². The Morgan fingerprint density at radius 3 is 1.61 bits per heavy atom. The summed E-state index contributed by atoms with van der Waals surface area (Å²) in [7, 11) is 1.21. The molecular formula is C36H49N3O12. The van der Waals surface area contributed by atoms with Crippen LogP contribution in [0.3, 0.4) is 0 Å². The van der Waals surface area contributed by atoms with E-state index >= 15 is 0 Å². The van der Waals surface area contributed by atoms with Gasteiger partial charge in [0.2, 0.25) is 11.8 Å². The summed E-state index contributed by atoms with van der Waals surface area (Å²) < 4.78 is 45.1. The maximum absolute atomic E-state index is 14.2. The van der Waals surface area contributed by atoms with Crippen LogP contribution in [0.2, 0.25) is 0 Å². The van der Waals surface area contributed by atoms with Gasteiger partial charge in [-0.05, 0) is 44.0 Å². The molecular weight excluding hydrogens is 666 g/mol. The van der Waals surface area contributed by atoms with Crippen LogP contribution >= 0.6 is 0 Å². The van der Waals surface area contributed by atoms with Crippen molar-refractivity contribution < 1.29 is 57.1 Å². The fraction of sp³-hybridized carbons (Fsp3) is 0.556. The van der Waals surface area contributed by atoms with Crippen molar-refractivity contribution >= 4 is 23.9 Å². The molecule has 15 nitrogen and oxygen atoms in total. The molecule has 0 bridgehead atoms. The van der Waals surface area contributed by atoms with Gasteiger partial charge in [-0.3, -0.25) is 14.4 Å². The number of rotatable bonds is 6. The Labute approximate surface area is 297 Å². The lowest BCUT2D eigenvalue weighted by Gasteiger charge is -2.33. The first kappa shape index (κ1) is 39.3. The average molecular weight is 716 g/mol. The molecule has 1 heterocycles. The molecule has 2 aliphatic rings. The van der Waals surface area contributed by atoms with Crippen LogP contribution in [-0.2, 0) is 55.6 Å². The number of carbonyl (C=O) groups is 4. The van der Waals surface area contributed by atoms with Gasteiger partial charge in [0.25, 0.3) is 0 Å². The van der Waals surface area contributed by atoms with Crippen LogP contribution < -0.4 is 25.4 Å². The number of alkyl carbamates (subject to hydrolysis) is 1. The summed E-state index contributed by atoms with van der Waals surface area (Å²) in [6, 6.07) is 10.9. The molecule has 0 fully saturated rings. The van der Waals surface area contributed by atoms with Gasteiger partial charge in [0.1, 0.15) is 48.9 Å². The molecule has 280 valence electrons. The SMILES string of the molecule is COC(=O)CNC(=O)C1(NC(=O)CNC(=O)OC(C)(C)C)Cc2cccc3c2-c2c(cccc2OCCOCCOCCOCCOCCO3)C1. The fourth-order valence-corrected chi connectivity index (χ4v) is 5.63. The van der Waals surface area contributed by atoms with Crippen LogP contribution in [0.1, 0.15) is 31.9 Å². The number of carbonyl (C=O) groups excluding carboxylic acids is 4. The van der Waals surface area contributed by atoms with E-state index in [-0.39, 0.29) is 26.1 Å². The summed E-state index contributed by atoms with van der Waals surface area (Å²) in [5.41, 5.74) is 0.286. The van der Waals surface area contributed by atoms with E-state index in [1.165, 1.54) is 7.11 Å². The topological polar surface area (TPSA) is 178 Å². The lowest BCUT2D eigenvalue weighted by molar-refractivity contribution is -0.142. The highest BCUT2D eigenvalue weighted by molar-refractivity contribution is 5.96. The summed E-state index contributed by atoms with van der Waals surface area (Å²) in [6.45, 7) is 7.74. The number of ether oxygens (including phenoxy) is 8. The first-order valence-electron chi connectivity index (χ1n) is 16.9. The number of hydrogen-bond acceptors (Lipinski definition) is 12. The van der Waals surface area contributed by atoms with Crippen LogP contribution in [-0.4, -0.2) is 121 Å². The molecule has 2 aromatic carbocycles. The molecule has 3 N–H and O–H groups in total. The van der Waals surface area contributed by atoms with Crippen LogP contribution in [0, 0.1) is 0 Å². The number of methoxy groups -OCH3 is 1. The molecule has 0 saturated carbocycles. The van der Waals surface area contributed by atoms with Crippen LogP contribution in [0.4, 0.5) is 4.79 Å². The molecule has 0 radical (unpaired) electrons. The van der Waals surface area contributed by atoms with Crippen molar-refractivity contribution in [1.29, 1.82) is 0 Å². The molecule has 0 atom stereocenters. The van der Waals surface area contributed by atoms with Crippen molar-refractivity contribution in [3.63, 3.8) is 0 Å². The third-order valence-corrected chi connectivity index (χ3v) is 7.77. The second-order valence-electron chi connectivity index (χ2n) is 12.8. The van der Waals surface area contributed by atoms with Crippen LogP contribution in [0.15, 0.2) is 36.4 Å². The van der Waals surface area contributed by atoms with E-state index in [2.05, 4.69) is 16.0 Å². The Morgan fingerprint density at radius 1 is 0.686 bits per heavy atom. The van der Waals surface area contributed by atoms with Gasteiger partial charge in [-0.1, -0.05) is 24.3 Å². The standard InChI is InChI=1S/C36H49N3O12/c1-35(2,3)51-34(43)38-23-29(40)39-36(33(42)37-24-30(41)44-4)21-25-7-5-9-27-31(25)32-26(22-36)8-6-10-28(32)50-20-18-48-16-14-46-12-11-45-13-15-47-17-19-49-27/h5-10H,11-24H2,1-4H3,(H,37,42)(H,38,43)(H,39,40). The minimum Gasteiger partial charge on any atom is -0.491 e. The fourth-order valence-electron chi connectivity index (χ4n) is 5.63.